The van der Waals surface area contributed by atoms with Crippen LogP contribution in [0.2, 0.25) is 5.02 Å². The zero-order valence-corrected chi connectivity index (χ0v) is 17.4. The van der Waals surface area contributed by atoms with E-state index in [-0.39, 0.29) is 5.91 Å². The average molecular weight is 423 g/mol. The highest BCUT2D eigenvalue weighted by Gasteiger charge is 2.17. The normalized spacial score (nSPS) is 10.8. The molecule has 0 bridgehead atoms. The molecule has 2 heterocycles. The molecule has 2 aromatic heterocycles. The Morgan fingerprint density at radius 1 is 1.07 bits per heavy atom. The molecule has 0 radical (unpaired) electrons. The zero-order valence-electron chi connectivity index (χ0n) is 16.6. The van der Waals surface area contributed by atoms with Gasteiger partial charge < -0.3 is 14.8 Å². The topological polar surface area (TPSA) is 77.8 Å². The lowest BCUT2D eigenvalue weighted by Gasteiger charge is -2.10. The number of methoxy groups -OCH3 is 2. The summed E-state index contributed by atoms with van der Waals surface area (Å²) in [5, 5.41) is 7.82. The maximum atomic E-state index is 12.8. The highest BCUT2D eigenvalue weighted by atomic mass is 35.5. The fraction of sp³-hybridized carbons (Fsp3) is 0.136. The third-order valence-corrected chi connectivity index (χ3v) is 5.02. The Morgan fingerprint density at radius 3 is 2.60 bits per heavy atom. The van der Waals surface area contributed by atoms with E-state index in [1.165, 1.54) is 0 Å². The number of ether oxygens (including phenoxy) is 2. The molecule has 0 spiro atoms. The van der Waals surface area contributed by atoms with Gasteiger partial charge in [0, 0.05) is 22.5 Å². The molecule has 7 nitrogen and oxygen atoms in total. The molecule has 1 N–H and O–H groups in total. The number of carbonyl (C=O) groups excluding carboxylic acids is 1. The quantitative estimate of drug-likeness (QED) is 0.507. The third-order valence-electron chi connectivity index (χ3n) is 4.79. The van der Waals surface area contributed by atoms with E-state index >= 15 is 0 Å². The molecule has 8 heteroatoms. The van der Waals surface area contributed by atoms with Crippen LogP contribution in [0, 0.1) is 6.92 Å². The Hall–Kier alpha value is -3.58. The number of aryl methyl sites for hydroxylation is 1. The van der Waals surface area contributed by atoms with Gasteiger partial charge in [0.25, 0.3) is 5.91 Å². The number of hydrogen-bond donors (Lipinski definition) is 1. The minimum atomic E-state index is -0.285. The van der Waals surface area contributed by atoms with Crippen LogP contribution in [0.1, 0.15) is 16.1 Å². The van der Waals surface area contributed by atoms with Crippen LogP contribution >= 0.6 is 11.6 Å². The third kappa shape index (κ3) is 3.55. The number of anilines is 1. The second-order valence-corrected chi connectivity index (χ2v) is 7.02. The highest BCUT2D eigenvalue weighted by molar-refractivity contribution is 6.31. The molecule has 0 atom stereocenters. The number of halogens is 1. The number of carbonyl (C=O) groups is 1. The number of rotatable bonds is 5. The Morgan fingerprint density at radius 2 is 1.87 bits per heavy atom. The van der Waals surface area contributed by atoms with Crippen LogP contribution in [-0.2, 0) is 0 Å². The van der Waals surface area contributed by atoms with E-state index in [0.717, 1.165) is 11.1 Å². The fourth-order valence-electron chi connectivity index (χ4n) is 3.24. The summed E-state index contributed by atoms with van der Waals surface area (Å²) in [7, 11) is 3.18. The maximum Gasteiger partial charge on any atom is 0.259 e. The lowest BCUT2D eigenvalue weighted by molar-refractivity contribution is 0.102. The van der Waals surface area contributed by atoms with Gasteiger partial charge in [0.05, 0.1) is 31.7 Å². The number of fused-ring (bicyclic) bond motifs is 1. The first-order valence-electron chi connectivity index (χ1n) is 9.14. The Labute approximate surface area is 178 Å². The summed E-state index contributed by atoms with van der Waals surface area (Å²) in [5.74, 6) is 0.970. The summed E-state index contributed by atoms with van der Waals surface area (Å²) < 4.78 is 12.3. The summed E-state index contributed by atoms with van der Waals surface area (Å²) in [6, 6.07) is 12.6. The van der Waals surface area contributed by atoms with E-state index in [0.29, 0.717) is 39.1 Å². The molecule has 4 aromatic rings. The predicted octanol–water partition coefficient (Wildman–Crippen LogP) is 4.63. The molecule has 152 valence electrons. The monoisotopic (exact) mass is 422 g/mol. The van der Waals surface area contributed by atoms with Crippen molar-refractivity contribution < 1.29 is 14.3 Å². The number of nitrogens with one attached hydrogen (secondary N) is 1. The number of hydrogen-bond acceptors (Lipinski definition) is 5. The van der Waals surface area contributed by atoms with Gasteiger partial charge in [-0.2, -0.15) is 5.10 Å². The van der Waals surface area contributed by atoms with Crippen molar-refractivity contribution in [2.45, 2.75) is 6.92 Å². The summed E-state index contributed by atoms with van der Waals surface area (Å²) >= 11 is 5.99. The minimum Gasteiger partial charge on any atom is -0.493 e. The van der Waals surface area contributed by atoms with Gasteiger partial charge in [-0.3, -0.25) is 4.79 Å². The van der Waals surface area contributed by atoms with Crippen molar-refractivity contribution in [1.82, 2.24) is 14.6 Å². The summed E-state index contributed by atoms with van der Waals surface area (Å²) in [6.07, 6.45) is 3.27. The molecule has 0 aliphatic rings. The van der Waals surface area contributed by atoms with Gasteiger partial charge in [0.1, 0.15) is 0 Å². The van der Waals surface area contributed by atoms with Crippen LogP contribution in [0.4, 0.5) is 5.69 Å². The second kappa shape index (κ2) is 8.04. The fourth-order valence-corrected chi connectivity index (χ4v) is 3.43. The van der Waals surface area contributed by atoms with E-state index in [4.69, 9.17) is 21.1 Å². The molecule has 0 unspecified atom stereocenters. The van der Waals surface area contributed by atoms with Crippen LogP contribution in [0.15, 0.2) is 54.9 Å². The highest BCUT2D eigenvalue weighted by Crippen LogP contribution is 2.33. The first kappa shape index (κ1) is 19.7. The Balaban J connectivity index is 1.71. The van der Waals surface area contributed by atoms with Crippen LogP contribution in [0.25, 0.3) is 16.8 Å². The second-order valence-electron chi connectivity index (χ2n) is 6.59. The summed E-state index contributed by atoms with van der Waals surface area (Å²) in [5.41, 5.74) is 4.04. The van der Waals surface area contributed by atoms with Crippen LogP contribution < -0.4 is 14.8 Å². The van der Waals surface area contributed by atoms with Crippen molar-refractivity contribution in [3.05, 3.63) is 71.1 Å². The van der Waals surface area contributed by atoms with Crippen molar-refractivity contribution in [3.63, 3.8) is 0 Å². The minimum absolute atomic E-state index is 0.285. The van der Waals surface area contributed by atoms with E-state index < -0.39 is 0 Å². The van der Waals surface area contributed by atoms with Crippen LogP contribution in [-0.4, -0.2) is 34.7 Å². The van der Waals surface area contributed by atoms with E-state index in [9.17, 15) is 4.79 Å². The molecule has 0 aliphatic heterocycles. The molecule has 1 amide bonds. The van der Waals surface area contributed by atoms with Gasteiger partial charge in [-0.1, -0.05) is 23.7 Å². The van der Waals surface area contributed by atoms with Crippen molar-refractivity contribution in [2.75, 3.05) is 19.5 Å². The molecule has 0 saturated heterocycles. The Kier molecular flexibility index (Phi) is 5.29. The SMILES string of the molecule is COc1ccc(-c2cnn3c(C)c(C(=O)Nc4cccc(Cl)c4)cnc23)cc1OC. The lowest BCUT2D eigenvalue weighted by atomic mass is 10.1. The zero-order chi connectivity index (χ0) is 21.3. The molecule has 0 aliphatic carbocycles. The van der Waals surface area contributed by atoms with E-state index in [1.54, 1.807) is 55.4 Å². The Bertz CT molecular complexity index is 1250. The average Bonchev–Trinajstić information content (AvgIpc) is 3.18. The van der Waals surface area contributed by atoms with Gasteiger partial charge in [0.2, 0.25) is 0 Å². The van der Waals surface area contributed by atoms with Crippen molar-refractivity contribution in [1.29, 1.82) is 0 Å². The summed E-state index contributed by atoms with van der Waals surface area (Å²) in [4.78, 5) is 17.3. The van der Waals surface area contributed by atoms with Crippen LogP contribution in [0.5, 0.6) is 11.5 Å². The van der Waals surface area contributed by atoms with Crippen molar-refractivity contribution in [2.24, 2.45) is 0 Å². The number of benzene rings is 2. The van der Waals surface area contributed by atoms with Gasteiger partial charge in [-0.25, -0.2) is 9.50 Å². The predicted molar refractivity (Wildman–Crippen MR) is 116 cm³/mol. The van der Waals surface area contributed by atoms with Crippen LogP contribution in [0.3, 0.4) is 0 Å². The van der Waals surface area contributed by atoms with Crippen molar-refractivity contribution in [3.8, 4) is 22.6 Å². The number of amides is 1. The molecule has 4 rings (SSSR count). The molecule has 0 saturated carbocycles. The number of nitrogens with zero attached hydrogens (tertiary/aromatic N) is 3. The van der Waals surface area contributed by atoms with Gasteiger partial charge in [0.15, 0.2) is 17.1 Å². The molecule has 2 aromatic carbocycles. The van der Waals surface area contributed by atoms with E-state index in [1.807, 2.05) is 25.1 Å². The summed E-state index contributed by atoms with van der Waals surface area (Å²) in [6.45, 7) is 1.83. The lowest BCUT2D eigenvalue weighted by Crippen LogP contribution is -2.16. The number of aromatic nitrogens is 3. The van der Waals surface area contributed by atoms with E-state index in [2.05, 4.69) is 15.4 Å². The first-order valence-corrected chi connectivity index (χ1v) is 9.52. The largest absolute Gasteiger partial charge is 0.493 e. The van der Waals surface area contributed by atoms with Gasteiger partial charge in [-0.15, -0.1) is 0 Å². The molecular formula is C22H19ClN4O3. The van der Waals surface area contributed by atoms with Gasteiger partial charge in [-0.05, 0) is 42.8 Å². The first-order chi connectivity index (χ1) is 14.5. The molecule has 30 heavy (non-hydrogen) atoms. The molecular weight excluding hydrogens is 404 g/mol. The standard InChI is InChI=1S/C22H19ClN4O3/c1-13-17(22(28)26-16-6-4-5-15(23)10-16)11-24-21-18(12-25-27(13)21)14-7-8-19(29-2)20(9-14)30-3/h4-12H,1-3H3,(H,26,28). The van der Waals surface area contributed by atoms with Crippen molar-refractivity contribution >= 4 is 28.8 Å². The molecule has 0 fully saturated rings. The maximum absolute atomic E-state index is 12.8. The van der Waals surface area contributed by atoms with Gasteiger partial charge >= 0.3 is 0 Å². The smallest absolute Gasteiger partial charge is 0.259 e.